The lowest BCUT2D eigenvalue weighted by molar-refractivity contribution is 0.624. The van der Waals surface area contributed by atoms with Gasteiger partial charge in [0.05, 0.1) is 11.0 Å². The summed E-state index contributed by atoms with van der Waals surface area (Å²) in [6.07, 6.45) is 1.65. The summed E-state index contributed by atoms with van der Waals surface area (Å²) in [7, 11) is 0. The van der Waals surface area contributed by atoms with Crippen molar-refractivity contribution in [3.8, 4) is 0 Å². The number of halogens is 3. The molecule has 16 heavy (non-hydrogen) atoms. The molecule has 3 aromatic heterocycles. The van der Waals surface area contributed by atoms with Gasteiger partial charge in [0.1, 0.15) is 5.65 Å². The van der Waals surface area contributed by atoms with E-state index in [-0.39, 0.29) is 5.15 Å². The lowest BCUT2D eigenvalue weighted by Crippen LogP contribution is -1.83. The number of fused-ring (bicyclic) bond motifs is 3. The summed E-state index contributed by atoms with van der Waals surface area (Å²) in [4.78, 5) is 11.2. The van der Waals surface area contributed by atoms with Gasteiger partial charge in [-0.1, -0.05) is 11.6 Å². The zero-order valence-electron chi connectivity index (χ0n) is 7.76. The molecule has 0 aliphatic heterocycles. The van der Waals surface area contributed by atoms with Gasteiger partial charge in [-0.05, 0) is 28.1 Å². The highest BCUT2D eigenvalue weighted by atomic mass is 79.9. The molecule has 1 N–H and O–H groups in total. The van der Waals surface area contributed by atoms with Crippen molar-refractivity contribution >= 4 is 49.6 Å². The van der Waals surface area contributed by atoms with Crippen molar-refractivity contribution < 1.29 is 4.39 Å². The van der Waals surface area contributed by atoms with E-state index >= 15 is 0 Å². The molecule has 0 aliphatic rings. The first kappa shape index (κ1) is 9.99. The molecule has 0 fully saturated rings. The van der Waals surface area contributed by atoms with Crippen molar-refractivity contribution in [2.75, 3.05) is 0 Å². The number of rotatable bonds is 0. The summed E-state index contributed by atoms with van der Waals surface area (Å²) < 4.78 is 14.1. The summed E-state index contributed by atoms with van der Waals surface area (Å²) in [5.74, 6) is -0.542. The standard InChI is InChI=1S/C10H4BrClFN3/c11-4-1-7-8(14-3-4)5-2-6(13)9(12)16-10(5)15-7/h1-3H,(H,15,16). The SMILES string of the molecule is Fc1cc2c(nc1Cl)[nH]c1cc(Br)cnc12. The first-order valence-corrected chi connectivity index (χ1v) is 5.61. The first-order chi connectivity index (χ1) is 7.65. The van der Waals surface area contributed by atoms with Gasteiger partial charge in [-0.25, -0.2) is 9.37 Å². The molecular formula is C10H4BrClFN3. The van der Waals surface area contributed by atoms with Gasteiger partial charge in [0.25, 0.3) is 0 Å². The van der Waals surface area contributed by atoms with Gasteiger partial charge in [-0.15, -0.1) is 0 Å². The Labute approximate surface area is 103 Å². The van der Waals surface area contributed by atoms with Crippen molar-refractivity contribution in [3.63, 3.8) is 0 Å². The molecule has 3 rings (SSSR count). The van der Waals surface area contributed by atoms with Crippen molar-refractivity contribution in [2.45, 2.75) is 0 Å². The van der Waals surface area contributed by atoms with E-state index in [4.69, 9.17) is 11.6 Å². The van der Waals surface area contributed by atoms with Gasteiger partial charge >= 0.3 is 0 Å². The van der Waals surface area contributed by atoms with Gasteiger partial charge in [0.15, 0.2) is 11.0 Å². The van der Waals surface area contributed by atoms with Gasteiger partial charge < -0.3 is 4.98 Å². The molecular weight excluding hydrogens is 296 g/mol. The second kappa shape index (κ2) is 3.40. The van der Waals surface area contributed by atoms with Crippen LogP contribution in [0.2, 0.25) is 5.15 Å². The highest BCUT2D eigenvalue weighted by molar-refractivity contribution is 9.10. The number of H-pyrrole nitrogens is 1. The third-order valence-electron chi connectivity index (χ3n) is 2.30. The molecule has 0 aromatic carbocycles. The summed E-state index contributed by atoms with van der Waals surface area (Å²) in [6.45, 7) is 0. The van der Waals surface area contributed by atoms with Crippen LogP contribution in [0.15, 0.2) is 22.8 Å². The van der Waals surface area contributed by atoms with Crippen LogP contribution in [0.4, 0.5) is 4.39 Å². The molecule has 3 heterocycles. The Morgan fingerprint density at radius 2 is 2.19 bits per heavy atom. The number of hydrogen-bond acceptors (Lipinski definition) is 2. The van der Waals surface area contributed by atoms with Crippen LogP contribution in [0.25, 0.3) is 22.1 Å². The zero-order chi connectivity index (χ0) is 11.3. The Balaban J connectivity index is 2.51. The monoisotopic (exact) mass is 299 g/mol. The fourth-order valence-electron chi connectivity index (χ4n) is 1.62. The predicted octanol–water partition coefficient (Wildman–Crippen LogP) is 3.67. The minimum Gasteiger partial charge on any atom is -0.338 e. The first-order valence-electron chi connectivity index (χ1n) is 4.44. The average Bonchev–Trinajstić information content (AvgIpc) is 2.55. The zero-order valence-corrected chi connectivity index (χ0v) is 10.1. The molecule has 0 unspecified atom stereocenters. The second-order valence-electron chi connectivity index (χ2n) is 3.33. The van der Waals surface area contributed by atoms with Gasteiger partial charge in [0, 0.05) is 16.1 Å². The maximum absolute atomic E-state index is 13.3. The van der Waals surface area contributed by atoms with Crippen molar-refractivity contribution in [3.05, 3.63) is 33.8 Å². The average molecular weight is 301 g/mol. The molecule has 0 bridgehead atoms. The normalized spacial score (nSPS) is 11.4. The van der Waals surface area contributed by atoms with Gasteiger partial charge in [-0.2, -0.15) is 0 Å². The van der Waals surface area contributed by atoms with Crippen LogP contribution in [0, 0.1) is 5.82 Å². The van der Waals surface area contributed by atoms with E-state index in [9.17, 15) is 4.39 Å². The number of aromatic nitrogens is 3. The number of hydrogen-bond donors (Lipinski definition) is 1. The summed E-state index contributed by atoms with van der Waals surface area (Å²) in [6, 6.07) is 3.19. The van der Waals surface area contributed by atoms with Crippen LogP contribution >= 0.6 is 27.5 Å². The number of nitrogens with zero attached hydrogens (tertiary/aromatic N) is 2. The molecule has 0 spiro atoms. The molecule has 6 heteroatoms. The van der Waals surface area contributed by atoms with E-state index < -0.39 is 5.82 Å². The highest BCUT2D eigenvalue weighted by Gasteiger charge is 2.10. The van der Waals surface area contributed by atoms with Crippen LogP contribution in [0.5, 0.6) is 0 Å². The van der Waals surface area contributed by atoms with Crippen LogP contribution in [-0.2, 0) is 0 Å². The van der Waals surface area contributed by atoms with Gasteiger partial charge in [-0.3, -0.25) is 4.98 Å². The summed E-state index contributed by atoms with van der Waals surface area (Å²) >= 11 is 8.93. The van der Waals surface area contributed by atoms with Gasteiger partial charge in [0.2, 0.25) is 0 Å². The van der Waals surface area contributed by atoms with Crippen molar-refractivity contribution in [2.24, 2.45) is 0 Å². The number of pyridine rings is 2. The Morgan fingerprint density at radius 1 is 1.38 bits per heavy atom. The third kappa shape index (κ3) is 1.39. The van der Waals surface area contributed by atoms with Crippen LogP contribution in [-0.4, -0.2) is 15.0 Å². The minimum atomic E-state index is -0.542. The quantitative estimate of drug-likeness (QED) is 0.644. The fourth-order valence-corrected chi connectivity index (χ4v) is 2.09. The largest absolute Gasteiger partial charge is 0.338 e. The molecule has 3 aromatic rings. The Morgan fingerprint density at radius 3 is 3.00 bits per heavy atom. The Hall–Kier alpha value is -1.20. The maximum Gasteiger partial charge on any atom is 0.167 e. The van der Waals surface area contributed by atoms with E-state index in [1.165, 1.54) is 6.07 Å². The smallest absolute Gasteiger partial charge is 0.167 e. The second-order valence-corrected chi connectivity index (χ2v) is 4.61. The number of aromatic amines is 1. The lowest BCUT2D eigenvalue weighted by atomic mass is 10.3. The Bertz CT molecular complexity index is 710. The molecule has 0 saturated carbocycles. The maximum atomic E-state index is 13.3. The van der Waals surface area contributed by atoms with Crippen LogP contribution < -0.4 is 0 Å². The van der Waals surface area contributed by atoms with Crippen molar-refractivity contribution in [1.82, 2.24) is 15.0 Å². The predicted molar refractivity (Wildman–Crippen MR) is 64.1 cm³/mol. The summed E-state index contributed by atoms with van der Waals surface area (Å²) in [5, 5.41) is 0.488. The summed E-state index contributed by atoms with van der Waals surface area (Å²) in [5.41, 5.74) is 2.01. The molecule has 0 aliphatic carbocycles. The minimum absolute atomic E-state index is 0.141. The van der Waals surface area contributed by atoms with E-state index in [0.717, 1.165) is 9.99 Å². The van der Waals surface area contributed by atoms with E-state index in [1.807, 2.05) is 6.07 Å². The van der Waals surface area contributed by atoms with E-state index in [1.54, 1.807) is 6.20 Å². The van der Waals surface area contributed by atoms with Crippen LogP contribution in [0.3, 0.4) is 0 Å². The molecule has 3 nitrogen and oxygen atoms in total. The lowest BCUT2D eigenvalue weighted by Gasteiger charge is -1.93. The molecule has 0 radical (unpaired) electrons. The highest BCUT2D eigenvalue weighted by Crippen LogP contribution is 2.27. The van der Waals surface area contributed by atoms with E-state index in [0.29, 0.717) is 16.6 Å². The fraction of sp³-hybridized carbons (Fsp3) is 0. The number of nitrogens with one attached hydrogen (secondary N) is 1. The molecule has 80 valence electrons. The Kier molecular flexibility index (Phi) is 2.12. The van der Waals surface area contributed by atoms with Crippen molar-refractivity contribution in [1.29, 1.82) is 0 Å². The van der Waals surface area contributed by atoms with E-state index in [2.05, 4.69) is 30.9 Å². The molecule has 0 saturated heterocycles. The third-order valence-corrected chi connectivity index (χ3v) is 2.99. The van der Waals surface area contributed by atoms with Crippen LogP contribution in [0.1, 0.15) is 0 Å². The molecule has 0 atom stereocenters. The molecule has 0 amide bonds. The topological polar surface area (TPSA) is 41.6 Å².